The minimum atomic E-state index is -4.83. The predicted molar refractivity (Wildman–Crippen MR) is 230 cm³/mol. The lowest BCUT2D eigenvalue weighted by molar-refractivity contribution is -0.926. The molecule has 2 aliphatic heterocycles. The van der Waals surface area contributed by atoms with E-state index in [9.17, 15) is 42.3 Å². The Morgan fingerprint density at radius 1 is 0.985 bits per heavy atom. The molecule has 4 amide bonds. The second-order valence-electron chi connectivity index (χ2n) is 16.3. The van der Waals surface area contributed by atoms with Crippen LogP contribution in [0.5, 0.6) is 0 Å². The highest BCUT2D eigenvalue weighted by Crippen LogP contribution is 2.36. The molecule has 2 saturated heterocycles. The number of pyridine rings is 1. The number of aliphatic carboxylic acids is 1. The zero-order valence-electron chi connectivity index (χ0n) is 35.1. The summed E-state index contributed by atoms with van der Waals surface area (Å²) in [5, 5.41) is 29.7. The first-order valence-electron chi connectivity index (χ1n) is 21.1. The molecule has 5 aromatic rings. The van der Waals surface area contributed by atoms with Crippen LogP contribution in [-0.4, -0.2) is 156 Å². The van der Waals surface area contributed by atoms with Crippen molar-refractivity contribution in [2.45, 2.75) is 38.3 Å². The number of H-pyrrole nitrogens is 3. The number of carboxylic acids is 1. The highest BCUT2D eigenvalue weighted by molar-refractivity contribution is 6.34. The van der Waals surface area contributed by atoms with Gasteiger partial charge in [-0.3, -0.25) is 24.3 Å². The lowest BCUT2D eigenvalue weighted by Gasteiger charge is -2.44. The van der Waals surface area contributed by atoms with E-state index in [1.54, 1.807) is 21.9 Å². The fourth-order valence-corrected chi connectivity index (χ4v) is 8.78. The Hall–Kier alpha value is -6.36. The van der Waals surface area contributed by atoms with E-state index in [-0.39, 0.29) is 114 Å². The van der Waals surface area contributed by atoms with Gasteiger partial charge in [0.05, 0.1) is 65.7 Å². The van der Waals surface area contributed by atoms with Crippen molar-refractivity contribution in [3.8, 4) is 11.4 Å². The molecule has 23 heteroatoms. The zero-order valence-corrected chi connectivity index (χ0v) is 35.9. The summed E-state index contributed by atoms with van der Waals surface area (Å²) in [4.78, 5) is 81.7. The number of carbonyl (C=O) groups excluding carboxylic acids is 4. The number of halogens is 4. The number of nitrogens with one attached hydrogen (secondary N) is 5. The van der Waals surface area contributed by atoms with Crippen LogP contribution in [0.1, 0.15) is 62.9 Å². The molecule has 4 aromatic heterocycles. The number of imidazole rings is 1. The average molecular weight is 926 g/mol. The molecule has 6 heterocycles. The maximum atomic E-state index is 14.2. The van der Waals surface area contributed by atoms with Gasteiger partial charge in [-0.25, -0.2) is 14.8 Å². The number of carbonyl (C=O) groups is 5. The van der Waals surface area contributed by atoms with E-state index in [4.69, 9.17) is 22.4 Å². The topological polar surface area (TPSA) is 268 Å². The van der Waals surface area contributed by atoms with E-state index < -0.39 is 23.7 Å². The van der Waals surface area contributed by atoms with Crippen LogP contribution in [0.25, 0.3) is 22.4 Å². The number of hydrogen-bond acceptors (Lipinski definition) is 10. The van der Waals surface area contributed by atoms with E-state index in [2.05, 4.69) is 40.8 Å². The van der Waals surface area contributed by atoms with Crippen LogP contribution in [0.2, 0.25) is 5.02 Å². The third-order valence-corrected chi connectivity index (χ3v) is 12.1. The number of aromatic nitrogens is 6. The number of carboxylic acid groups (broad SMARTS) is 1. The molecule has 9 N–H and O–H groups in total. The van der Waals surface area contributed by atoms with Crippen molar-refractivity contribution in [3.63, 3.8) is 0 Å². The number of piperidine rings is 1. The SMILES string of the molecule is NCCC[N+]1(CC(=O)O)CCC(C(=O)N2CCN(C(=O)c3ccc(NC(=O)c4ncc(Cc5c(C(F)(F)F)n[nH]c5-c5ccc6[nH]c(CC(=O)NCCO)cc6n5)[nH]4)cc3Cl)CC2)CC1. The van der Waals surface area contributed by atoms with Crippen LogP contribution in [0.3, 0.4) is 0 Å². The third-order valence-electron chi connectivity index (χ3n) is 11.8. The van der Waals surface area contributed by atoms with Crippen molar-refractivity contribution in [3.05, 3.63) is 81.7 Å². The van der Waals surface area contributed by atoms with Crippen molar-refractivity contribution >= 4 is 57.9 Å². The molecule has 0 aliphatic carbocycles. The highest BCUT2D eigenvalue weighted by Gasteiger charge is 2.41. The van der Waals surface area contributed by atoms with Gasteiger partial charge in [0.1, 0.15) is 0 Å². The minimum Gasteiger partial charge on any atom is -0.477 e. The zero-order chi connectivity index (χ0) is 46.5. The van der Waals surface area contributed by atoms with Gasteiger partial charge >= 0.3 is 12.1 Å². The summed E-state index contributed by atoms with van der Waals surface area (Å²) in [5.74, 6) is -2.71. The molecule has 0 spiro atoms. The number of rotatable bonds is 16. The normalized spacial score (nSPS) is 17.9. The van der Waals surface area contributed by atoms with Crippen LogP contribution in [-0.2, 0) is 33.4 Å². The van der Waals surface area contributed by atoms with Crippen molar-refractivity contribution in [1.82, 2.24) is 45.2 Å². The number of likely N-dealkylation sites (tertiary alicyclic amines) is 1. The first kappa shape index (κ1) is 46.6. The van der Waals surface area contributed by atoms with Gasteiger partial charge in [-0.15, -0.1) is 0 Å². The number of amides is 4. The second kappa shape index (κ2) is 19.8. The number of fused-ring (bicyclic) bond motifs is 1. The number of hydrogen-bond donors (Lipinski definition) is 8. The third kappa shape index (κ3) is 11.0. The molecular formula is C42H49ClF3N12O7+. The fraction of sp³-hybridized carbons (Fsp3) is 0.429. The summed E-state index contributed by atoms with van der Waals surface area (Å²) in [7, 11) is 0. The lowest BCUT2D eigenvalue weighted by atomic mass is 9.92. The first-order valence-corrected chi connectivity index (χ1v) is 21.4. The van der Waals surface area contributed by atoms with Crippen molar-refractivity contribution < 1.29 is 51.8 Å². The standard InChI is InChI=1S/C42H48ClF3N12O7/c43-30-19-25(2-3-28(30)41(65)57-12-10-56(11-13-57)40(64)24-6-15-58(16-7-24,14-1-8-47)23-35(61)62)52-39(63)38-49-22-27(51-38)18-29-36(54-55-37(29)42(44,45)46)32-5-4-31-33(53-32)20-26(50-31)21-34(60)48-9-17-59/h2-5,19-20,22,24,59H,1,6-18,21,23,47H2,(H5-,48,49,50,51,52,53,54,55,60,61,62,63,65)/p+1. The van der Waals surface area contributed by atoms with Crippen molar-refractivity contribution in [1.29, 1.82) is 0 Å². The van der Waals surface area contributed by atoms with Gasteiger partial charge in [0.15, 0.2) is 18.1 Å². The summed E-state index contributed by atoms with van der Waals surface area (Å²) in [6.07, 6.45) is -2.13. The van der Waals surface area contributed by atoms with Crippen LogP contribution in [0, 0.1) is 5.92 Å². The predicted octanol–water partition coefficient (Wildman–Crippen LogP) is 2.79. The molecule has 346 valence electrons. The lowest BCUT2D eigenvalue weighted by Crippen LogP contribution is -2.58. The molecule has 0 saturated carbocycles. The minimum absolute atomic E-state index is 0.00195. The number of benzene rings is 1. The van der Waals surface area contributed by atoms with Gasteiger partial charge in [-0.05, 0) is 42.9 Å². The summed E-state index contributed by atoms with van der Waals surface area (Å²) >= 11 is 6.55. The molecule has 0 bridgehead atoms. The Bertz CT molecular complexity index is 2560. The Morgan fingerprint density at radius 2 is 1.72 bits per heavy atom. The molecule has 2 fully saturated rings. The summed E-state index contributed by atoms with van der Waals surface area (Å²) in [6, 6.07) is 9.07. The maximum absolute atomic E-state index is 14.2. The number of aliphatic hydroxyl groups is 1. The summed E-state index contributed by atoms with van der Waals surface area (Å²) < 4.78 is 43.0. The van der Waals surface area contributed by atoms with Crippen LogP contribution in [0.4, 0.5) is 18.9 Å². The van der Waals surface area contributed by atoms with Crippen LogP contribution in [0.15, 0.2) is 42.6 Å². The number of piperazine rings is 1. The number of quaternary nitrogens is 1. The van der Waals surface area contributed by atoms with Crippen LogP contribution < -0.4 is 16.4 Å². The molecule has 0 atom stereocenters. The molecule has 2 aliphatic rings. The highest BCUT2D eigenvalue weighted by atomic mass is 35.5. The van der Waals surface area contributed by atoms with Crippen molar-refractivity contribution in [2.24, 2.45) is 11.7 Å². The van der Waals surface area contributed by atoms with Crippen molar-refractivity contribution in [2.75, 3.05) is 77.4 Å². The smallest absolute Gasteiger partial charge is 0.435 e. The van der Waals surface area contributed by atoms with Gasteiger partial charge < -0.3 is 50.8 Å². The second-order valence-corrected chi connectivity index (χ2v) is 16.7. The van der Waals surface area contributed by atoms with E-state index in [1.807, 2.05) is 0 Å². The van der Waals surface area contributed by atoms with E-state index in [0.29, 0.717) is 79.7 Å². The maximum Gasteiger partial charge on any atom is 0.435 e. The molecular weight excluding hydrogens is 877 g/mol. The Morgan fingerprint density at radius 3 is 2.40 bits per heavy atom. The number of aliphatic hydroxyl groups excluding tert-OH is 1. The molecule has 65 heavy (non-hydrogen) atoms. The van der Waals surface area contributed by atoms with Crippen LogP contribution >= 0.6 is 11.6 Å². The first-order chi connectivity index (χ1) is 31.1. The quantitative estimate of drug-likeness (QED) is 0.0667. The fourth-order valence-electron chi connectivity index (χ4n) is 8.52. The van der Waals surface area contributed by atoms with Gasteiger partial charge in [0.25, 0.3) is 11.8 Å². The van der Waals surface area contributed by atoms with Gasteiger partial charge in [-0.2, -0.15) is 18.3 Å². The Balaban J connectivity index is 0.952. The number of nitrogens with two attached hydrogens (primary N) is 1. The summed E-state index contributed by atoms with van der Waals surface area (Å²) in [5.41, 5.74) is 6.43. The van der Waals surface area contributed by atoms with Gasteiger partial charge in [0, 0.05) is 93.2 Å². The molecule has 1 aromatic carbocycles. The number of anilines is 1. The van der Waals surface area contributed by atoms with Gasteiger partial charge in [-0.1, -0.05) is 11.6 Å². The Kier molecular flexibility index (Phi) is 14.2. The summed E-state index contributed by atoms with van der Waals surface area (Å²) in [6.45, 7) is 3.41. The largest absolute Gasteiger partial charge is 0.477 e. The Labute approximate surface area is 374 Å². The molecule has 0 unspecified atom stereocenters. The number of aromatic amines is 3. The molecule has 7 rings (SSSR count). The van der Waals surface area contributed by atoms with E-state index in [1.165, 1.54) is 30.5 Å². The molecule has 0 radical (unpaired) electrons. The average Bonchev–Trinajstić information content (AvgIpc) is 4.03. The molecule has 19 nitrogen and oxygen atoms in total. The monoisotopic (exact) mass is 925 g/mol. The van der Waals surface area contributed by atoms with E-state index in [0.717, 1.165) is 0 Å². The van der Waals surface area contributed by atoms with Gasteiger partial charge in [0.2, 0.25) is 11.8 Å². The number of nitrogens with zero attached hydrogens (tertiary/aromatic N) is 6. The van der Waals surface area contributed by atoms with E-state index >= 15 is 0 Å². The number of alkyl halides is 3.